The van der Waals surface area contributed by atoms with Gasteiger partial charge < -0.3 is 9.13 Å². The van der Waals surface area contributed by atoms with Crippen LogP contribution in [0.4, 0.5) is 26.3 Å². The second kappa shape index (κ2) is 22.9. The number of nitrogens with zero attached hydrogens (tertiary/aromatic N) is 11. The van der Waals surface area contributed by atoms with Gasteiger partial charge in [0.25, 0.3) is 0 Å². The maximum atomic E-state index is 15.4. The predicted molar refractivity (Wildman–Crippen MR) is 340 cm³/mol. The minimum Gasteiger partial charge on any atom is -0.309 e. The van der Waals surface area contributed by atoms with Gasteiger partial charge in [-0.2, -0.15) is 73.7 Å². The molecule has 0 aliphatic heterocycles. The maximum Gasteiger partial charge on any atom is 0.417 e. The third kappa shape index (κ3) is 10.3. The monoisotopic (exact) mass is 1230 g/mol. The van der Waals surface area contributed by atoms with Crippen molar-refractivity contribution in [2.75, 3.05) is 0 Å². The fraction of sp³-hybridized carbons (Fsp3) is 0.0260. The molecule has 0 amide bonds. The molecule has 0 saturated carbocycles. The van der Waals surface area contributed by atoms with Crippen molar-refractivity contribution in [3.8, 4) is 133 Å². The van der Waals surface area contributed by atoms with Crippen molar-refractivity contribution < 1.29 is 26.3 Å². The molecule has 438 valence electrons. The van der Waals surface area contributed by atoms with E-state index in [-0.39, 0.29) is 72.6 Å². The van der Waals surface area contributed by atoms with Crippen LogP contribution in [0.2, 0.25) is 0 Å². The zero-order chi connectivity index (χ0) is 65.9. The van der Waals surface area contributed by atoms with Crippen molar-refractivity contribution in [1.29, 1.82) is 47.4 Å². The number of aromatic nitrogens is 2. The summed E-state index contributed by atoms with van der Waals surface area (Å²) >= 11 is 0. The second-order valence-corrected chi connectivity index (χ2v) is 22.0. The van der Waals surface area contributed by atoms with E-state index >= 15 is 26.3 Å². The number of benzene rings is 11. The Morgan fingerprint density at radius 1 is 0.245 bits per heavy atom. The Morgan fingerprint density at radius 3 is 0.787 bits per heavy atom. The van der Waals surface area contributed by atoms with E-state index in [4.69, 9.17) is 0 Å². The normalized spacial score (nSPS) is 11.2. The molecule has 94 heavy (non-hydrogen) atoms. The molecule has 13 aromatic rings. The lowest BCUT2D eigenvalue weighted by Crippen LogP contribution is -2.14. The van der Waals surface area contributed by atoms with E-state index in [1.807, 2.05) is 28.8 Å². The highest BCUT2D eigenvalue weighted by atomic mass is 19.4. The summed E-state index contributed by atoms with van der Waals surface area (Å²) in [7, 11) is 0. The van der Waals surface area contributed by atoms with Crippen LogP contribution in [0, 0.1) is 102 Å². The summed E-state index contributed by atoms with van der Waals surface area (Å²) in [6.07, 6.45) is -10.6. The standard InChI is InChI=1S/C77H33F6N11/c78-76(79,80)67-2-1-3-68(77(81,82)83)75(67)56-9-15-74(94-72-13-7-54(59-24-48(39-89)18-49(25-59)40-90)31-64(72)65-32-55(8-14-73(65)94)60-26-50(41-91)19-51(27-60)42-92)66(33-56)61-28-43(34-84)4-10-69(61)93-70-11-5-52(57-20-44(35-85)16-45(21-57)36-86)29-62(70)63-30-53(6-12-71(63)93)58-22-46(37-87)17-47(23-58)38-88/h1-33H. The smallest absolute Gasteiger partial charge is 0.309 e. The van der Waals surface area contributed by atoms with Gasteiger partial charge in [-0.3, -0.25) is 0 Å². The average molecular weight is 1230 g/mol. The van der Waals surface area contributed by atoms with Crippen molar-refractivity contribution in [2.45, 2.75) is 12.4 Å². The number of halogens is 6. The molecular formula is C77H33F6N11. The minimum atomic E-state index is -5.30. The van der Waals surface area contributed by atoms with Crippen LogP contribution in [0.25, 0.3) is 122 Å². The van der Waals surface area contributed by atoms with Gasteiger partial charge in [0.15, 0.2) is 0 Å². The third-order valence-corrected chi connectivity index (χ3v) is 16.5. The van der Waals surface area contributed by atoms with Gasteiger partial charge in [-0.15, -0.1) is 0 Å². The molecule has 2 aromatic heterocycles. The number of hydrogen-bond donors (Lipinski definition) is 0. The number of nitriles is 9. The quantitative estimate of drug-likeness (QED) is 0.132. The molecule has 2 heterocycles. The van der Waals surface area contributed by atoms with Crippen LogP contribution in [-0.2, 0) is 12.4 Å². The molecule has 0 fully saturated rings. The second-order valence-electron chi connectivity index (χ2n) is 22.0. The lowest BCUT2D eigenvalue weighted by Gasteiger charge is -2.22. The molecular weight excluding hydrogens is 1190 g/mol. The maximum absolute atomic E-state index is 15.4. The summed E-state index contributed by atoms with van der Waals surface area (Å²) in [6.45, 7) is 0. The van der Waals surface area contributed by atoms with Crippen molar-refractivity contribution in [3.63, 3.8) is 0 Å². The summed E-state index contributed by atoms with van der Waals surface area (Å²) in [4.78, 5) is 0. The van der Waals surface area contributed by atoms with E-state index in [0.29, 0.717) is 106 Å². The topological polar surface area (TPSA) is 224 Å². The molecule has 0 saturated heterocycles. The van der Waals surface area contributed by atoms with Gasteiger partial charge in [0.05, 0.1) is 149 Å². The van der Waals surface area contributed by atoms with Crippen LogP contribution in [0.1, 0.15) is 61.2 Å². The third-order valence-electron chi connectivity index (χ3n) is 16.5. The number of hydrogen-bond acceptors (Lipinski definition) is 9. The first-order chi connectivity index (χ1) is 45.4. The molecule has 0 radical (unpaired) electrons. The molecule has 17 heteroatoms. The summed E-state index contributed by atoms with van der Waals surface area (Å²) in [5.41, 5.74) is 3.81. The Morgan fingerprint density at radius 2 is 0.511 bits per heavy atom. The summed E-state index contributed by atoms with van der Waals surface area (Å²) in [5, 5.41) is 93.2. The van der Waals surface area contributed by atoms with Gasteiger partial charge in [0.1, 0.15) is 0 Å². The number of rotatable bonds is 8. The van der Waals surface area contributed by atoms with Crippen molar-refractivity contribution in [1.82, 2.24) is 9.13 Å². The summed E-state index contributed by atoms with van der Waals surface area (Å²) in [6, 6.07) is 69.5. The van der Waals surface area contributed by atoms with Gasteiger partial charge >= 0.3 is 12.4 Å². The molecule has 0 spiro atoms. The number of fused-ring (bicyclic) bond motifs is 6. The lowest BCUT2D eigenvalue weighted by molar-refractivity contribution is -0.142. The molecule has 13 rings (SSSR count). The number of alkyl halides is 6. The van der Waals surface area contributed by atoms with Crippen LogP contribution in [0.3, 0.4) is 0 Å². The molecule has 0 N–H and O–H groups in total. The van der Waals surface area contributed by atoms with Crippen LogP contribution < -0.4 is 0 Å². The zero-order valence-corrected chi connectivity index (χ0v) is 48.2. The summed E-state index contributed by atoms with van der Waals surface area (Å²) < 4.78 is 96.0. The van der Waals surface area contributed by atoms with E-state index in [0.717, 1.165) is 0 Å². The summed E-state index contributed by atoms with van der Waals surface area (Å²) in [5.74, 6) is 0. The molecule has 0 unspecified atom stereocenters. The molecule has 11 aromatic carbocycles. The van der Waals surface area contributed by atoms with Crippen molar-refractivity contribution in [3.05, 3.63) is 261 Å². The Bertz CT molecular complexity index is 5490. The first-order valence-corrected chi connectivity index (χ1v) is 28.3. The predicted octanol–water partition coefficient (Wildman–Crippen LogP) is 18.8. The Hall–Kier alpha value is -14.0. The first-order valence-electron chi connectivity index (χ1n) is 28.3. The van der Waals surface area contributed by atoms with E-state index < -0.39 is 34.6 Å². The van der Waals surface area contributed by atoms with Gasteiger partial charge in [0, 0.05) is 38.2 Å². The molecule has 0 aliphatic rings. The largest absolute Gasteiger partial charge is 0.417 e. The van der Waals surface area contributed by atoms with Crippen LogP contribution in [0.15, 0.2) is 200 Å². The zero-order valence-electron chi connectivity index (χ0n) is 48.2. The van der Waals surface area contributed by atoms with E-state index in [9.17, 15) is 47.4 Å². The Labute approximate surface area is 530 Å². The first kappa shape index (κ1) is 59.0. The van der Waals surface area contributed by atoms with Crippen LogP contribution >= 0.6 is 0 Å². The van der Waals surface area contributed by atoms with Crippen LogP contribution in [-0.4, -0.2) is 9.13 Å². The molecule has 0 atom stereocenters. The van der Waals surface area contributed by atoms with E-state index in [1.165, 1.54) is 54.6 Å². The van der Waals surface area contributed by atoms with Crippen LogP contribution in [0.5, 0.6) is 0 Å². The van der Waals surface area contributed by atoms with Gasteiger partial charge in [-0.25, -0.2) is 0 Å². The van der Waals surface area contributed by atoms with Crippen molar-refractivity contribution in [2.24, 2.45) is 0 Å². The highest BCUT2D eigenvalue weighted by Gasteiger charge is 2.41. The van der Waals surface area contributed by atoms with Gasteiger partial charge in [-0.1, -0.05) is 36.4 Å². The molecule has 11 nitrogen and oxygen atoms in total. The van der Waals surface area contributed by atoms with E-state index in [1.54, 1.807) is 108 Å². The fourth-order valence-corrected chi connectivity index (χ4v) is 12.4. The average Bonchev–Trinajstić information content (AvgIpc) is 1.52. The highest BCUT2D eigenvalue weighted by Crippen LogP contribution is 2.49. The van der Waals surface area contributed by atoms with Crippen molar-refractivity contribution >= 4 is 43.6 Å². The van der Waals surface area contributed by atoms with Gasteiger partial charge in [-0.05, 0) is 214 Å². The lowest BCUT2D eigenvalue weighted by atomic mass is 9.90. The SMILES string of the molecule is N#Cc1cc(C#N)cc(-c2ccc3c(c2)c2cc(-c4cc(C#N)cc(C#N)c4)ccc2n3-c2ccc(C#N)cc2-c2cc(-c3c(C(F)(F)F)cccc3C(F)(F)F)ccc2-n2c3ccc(-c4cc(C#N)cc(C#N)c4)cc3c3cc(-c4cc(C#N)cc(C#N)c4)ccc32)c1. The van der Waals surface area contributed by atoms with E-state index in [2.05, 4.69) is 54.6 Å². The minimum absolute atomic E-state index is 0.0420. The fourth-order valence-electron chi connectivity index (χ4n) is 12.4. The highest BCUT2D eigenvalue weighted by molar-refractivity contribution is 6.14. The molecule has 0 aliphatic carbocycles. The Kier molecular flexibility index (Phi) is 14.4. The van der Waals surface area contributed by atoms with Gasteiger partial charge in [0.2, 0.25) is 0 Å². The molecule has 0 bridgehead atoms. The Balaban J connectivity index is 1.16.